The molecular weight excluding hydrogens is 598 g/mol. The zero-order valence-electron chi connectivity index (χ0n) is 31.4. The smallest absolute Gasteiger partial charge is 0.410 e. The van der Waals surface area contributed by atoms with E-state index in [0.717, 1.165) is 38.5 Å². The fourth-order valence-corrected chi connectivity index (χ4v) is 13.1. The van der Waals surface area contributed by atoms with Crippen molar-refractivity contribution < 1.29 is 24.5 Å². The first kappa shape index (κ1) is 35.6. The minimum Gasteiger partial charge on any atom is -0.478 e. The number of carbonyl (C=O) groups is 2. The number of allylic oxidation sites excluding steroid dienone is 1. The molecule has 6 rings (SSSR count). The molecule has 266 valence electrons. The topological polar surface area (TPSA) is 87.1 Å². The molecule has 48 heavy (non-hydrogen) atoms. The third-order valence-corrected chi connectivity index (χ3v) is 15.8. The molecule has 1 heterocycles. The summed E-state index contributed by atoms with van der Waals surface area (Å²) in [7, 11) is 0. The predicted octanol–water partition coefficient (Wildman–Crippen LogP) is 9.03. The van der Waals surface area contributed by atoms with E-state index in [2.05, 4.69) is 60.0 Å². The molecule has 6 aliphatic rings. The summed E-state index contributed by atoms with van der Waals surface area (Å²) in [5.41, 5.74) is 2.01. The van der Waals surface area contributed by atoms with Crippen molar-refractivity contribution in [2.24, 2.45) is 56.7 Å². The molecule has 0 aromatic heterocycles. The van der Waals surface area contributed by atoms with Crippen molar-refractivity contribution in [1.29, 1.82) is 0 Å². The molecule has 6 nitrogen and oxygen atoms in total. The highest BCUT2D eigenvalue weighted by molar-refractivity contribution is 5.90. The first-order chi connectivity index (χ1) is 22.2. The van der Waals surface area contributed by atoms with Gasteiger partial charge in [0.1, 0.15) is 5.60 Å². The van der Waals surface area contributed by atoms with E-state index in [9.17, 15) is 19.8 Å². The molecule has 5 aliphatic carbocycles. The van der Waals surface area contributed by atoms with Crippen LogP contribution in [-0.2, 0) is 9.53 Å². The number of hydrogen-bond acceptors (Lipinski definition) is 4. The quantitative estimate of drug-likeness (QED) is 0.228. The zero-order chi connectivity index (χ0) is 35.2. The van der Waals surface area contributed by atoms with Crippen LogP contribution in [-0.4, -0.2) is 52.0 Å². The lowest BCUT2D eigenvalue weighted by Gasteiger charge is -2.72. The number of carbonyl (C=O) groups excluding carboxylic acids is 1. The van der Waals surface area contributed by atoms with Crippen LogP contribution in [0, 0.1) is 68.5 Å². The number of hydrogen-bond donors (Lipinski definition) is 2. The molecule has 1 aliphatic heterocycles. The van der Waals surface area contributed by atoms with Crippen molar-refractivity contribution in [3.05, 3.63) is 23.3 Å². The second-order valence-corrected chi connectivity index (χ2v) is 19.4. The van der Waals surface area contributed by atoms with Crippen LogP contribution in [0.2, 0.25) is 0 Å². The van der Waals surface area contributed by atoms with Gasteiger partial charge in [-0.3, -0.25) is 0 Å². The summed E-state index contributed by atoms with van der Waals surface area (Å²) in [5.74, 6) is 8.95. The van der Waals surface area contributed by atoms with Gasteiger partial charge < -0.3 is 19.8 Å². The van der Waals surface area contributed by atoms with Gasteiger partial charge >= 0.3 is 12.1 Å². The Morgan fingerprint density at radius 1 is 0.917 bits per heavy atom. The molecule has 0 aromatic carbocycles. The summed E-state index contributed by atoms with van der Waals surface area (Å²) in [6, 6.07) is 0. The summed E-state index contributed by atoms with van der Waals surface area (Å²) in [4.78, 5) is 26.8. The largest absolute Gasteiger partial charge is 0.478 e. The molecule has 6 heteroatoms. The third-order valence-electron chi connectivity index (χ3n) is 15.8. The van der Waals surface area contributed by atoms with Crippen LogP contribution in [0.1, 0.15) is 133 Å². The second-order valence-electron chi connectivity index (χ2n) is 19.4. The standard InChI is InChI=1S/C42H63NO5/c1-26(2)28-14-21-42(20-13-27-17-24-43(25-29(27)35(45)46)36(47)48-37(3,4)5)23-22-40(9)30(34(28)42)11-12-32-39(8)18-16-33(44)38(6,7)31(39)15-19-41(32,40)10/h28,30-34,44H,1,11-12,14-19,21-25H2,2-10H3,(H,45,46)/t28-,30?,31?,32?,33?,34?,39?,40+,41?,42+/m0/s1. The van der Waals surface area contributed by atoms with Gasteiger partial charge in [-0.1, -0.05) is 58.6 Å². The highest BCUT2D eigenvalue weighted by Crippen LogP contribution is 2.77. The number of nitrogens with zero attached hydrogens (tertiary/aromatic N) is 1. The Morgan fingerprint density at radius 3 is 2.27 bits per heavy atom. The third kappa shape index (κ3) is 5.30. The Bertz CT molecular complexity index is 1460. The number of aliphatic hydroxyl groups is 1. The van der Waals surface area contributed by atoms with E-state index in [0.29, 0.717) is 48.1 Å². The highest BCUT2D eigenvalue weighted by atomic mass is 16.6. The van der Waals surface area contributed by atoms with Gasteiger partial charge in [-0.05, 0) is 150 Å². The van der Waals surface area contributed by atoms with Crippen LogP contribution >= 0.6 is 0 Å². The van der Waals surface area contributed by atoms with E-state index in [1.54, 1.807) is 0 Å². The molecule has 1 amide bonds. The molecule has 2 N–H and O–H groups in total. The maximum absolute atomic E-state index is 12.8. The Kier molecular flexibility index (Phi) is 8.63. The monoisotopic (exact) mass is 661 g/mol. The lowest BCUT2D eigenvalue weighted by atomic mass is 9.32. The van der Waals surface area contributed by atoms with E-state index in [-0.39, 0.29) is 45.3 Å². The van der Waals surface area contributed by atoms with Gasteiger partial charge in [-0.25, -0.2) is 9.59 Å². The van der Waals surface area contributed by atoms with Gasteiger partial charge in [0, 0.05) is 17.5 Å². The number of carboxylic acid groups (broad SMARTS) is 1. The van der Waals surface area contributed by atoms with Crippen molar-refractivity contribution in [2.45, 2.75) is 145 Å². The van der Waals surface area contributed by atoms with E-state index in [4.69, 9.17) is 4.74 Å². The fraction of sp³-hybridized carbons (Fsp3) is 0.810. The maximum atomic E-state index is 12.8. The number of ether oxygens (including phenoxy) is 1. The minimum absolute atomic E-state index is 0.0209. The molecule has 5 saturated carbocycles. The first-order valence-electron chi connectivity index (χ1n) is 19.0. The number of aliphatic hydroxyl groups excluding tert-OH is 1. The SMILES string of the molecule is C=C(C)[C@@H]1CC[C@]2(C#CC3=C(C(=O)O)CN(C(=O)OC(C)(C)C)CC3)CC[C@]3(C)C(CCC4C5(C)CCC(O)C(C)(C)C5CCC43C)C12. The summed E-state index contributed by atoms with van der Waals surface area (Å²) < 4.78 is 5.56. The second kappa shape index (κ2) is 11.6. The van der Waals surface area contributed by atoms with Crippen molar-refractivity contribution in [2.75, 3.05) is 13.1 Å². The molecule has 0 radical (unpaired) electrons. The highest BCUT2D eigenvalue weighted by Gasteiger charge is 2.70. The molecule has 5 fully saturated rings. The number of fused-ring (bicyclic) bond motifs is 7. The van der Waals surface area contributed by atoms with Gasteiger partial charge in [-0.15, -0.1) is 0 Å². The Hall–Kier alpha value is -2.26. The Labute approximate surface area is 290 Å². The van der Waals surface area contributed by atoms with E-state index < -0.39 is 17.7 Å². The molecular formula is C42H63NO5. The van der Waals surface area contributed by atoms with Crippen molar-refractivity contribution in [1.82, 2.24) is 4.90 Å². The number of aliphatic carboxylic acids is 1. The molecule has 0 aromatic rings. The molecule has 0 bridgehead atoms. The first-order valence-corrected chi connectivity index (χ1v) is 19.0. The van der Waals surface area contributed by atoms with Crippen molar-refractivity contribution in [3.63, 3.8) is 0 Å². The predicted molar refractivity (Wildman–Crippen MR) is 190 cm³/mol. The van der Waals surface area contributed by atoms with E-state index in [1.807, 2.05) is 20.8 Å². The maximum Gasteiger partial charge on any atom is 0.410 e. The van der Waals surface area contributed by atoms with Gasteiger partial charge in [0.25, 0.3) is 0 Å². The fourth-order valence-electron chi connectivity index (χ4n) is 13.1. The summed E-state index contributed by atoms with van der Waals surface area (Å²) in [6.07, 6.45) is 11.0. The van der Waals surface area contributed by atoms with Crippen LogP contribution in [0.5, 0.6) is 0 Å². The van der Waals surface area contributed by atoms with Crippen LogP contribution in [0.3, 0.4) is 0 Å². The van der Waals surface area contributed by atoms with Crippen LogP contribution in [0.4, 0.5) is 4.79 Å². The van der Waals surface area contributed by atoms with Gasteiger partial charge in [0.15, 0.2) is 0 Å². The average molecular weight is 662 g/mol. The van der Waals surface area contributed by atoms with Crippen LogP contribution in [0.25, 0.3) is 0 Å². The lowest BCUT2D eigenvalue weighted by Crippen LogP contribution is -2.66. The molecule has 0 saturated heterocycles. The number of amides is 1. The Balaban J connectivity index is 1.33. The van der Waals surface area contributed by atoms with Gasteiger partial charge in [-0.2, -0.15) is 0 Å². The van der Waals surface area contributed by atoms with Gasteiger partial charge in [0.2, 0.25) is 0 Å². The van der Waals surface area contributed by atoms with Gasteiger partial charge in [0.05, 0.1) is 18.2 Å². The summed E-state index contributed by atoms with van der Waals surface area (Å²) in [6.45, 7) is 25.2. The molecule has 7 unspecified atom stereocenters. The van der Waals surface area contributed by atoms with Crippen LogP contribution < -0.4 is 0 Å². The number of rotatable bonds is 2. The summed E-state index contributed by atoms with van der Waals surface area (Å²) in [5, 5.41) is 21.3. The zero-order valence-corrected chi connectivity index (χ0v) is 31.4. The lowest BCUT2D eigenvalue weighted by molar-refractivity contribution is -0.244. The minimum atomic E-state index is -1.00. The Morgan fingerprint density at radius 2 is 1.62 bits per heavy atom. The summed E-state index contributed by atoms with van der Waals surface area (Å²) >= 11 is 0. The van der Waals surface area contributed by atoms with E-state index in [1.165, 1.54) is 36.2 Å². The van der Waals surface area contributed by atoms with Crippen molar-refractivity contribution >= 4 is 12.1 Å². The average Bonchev–Trinajstić information content (AvgIpc) is 3.38. The normalized spacial score (nSPS) is 43.5. The van der Waals surface area contributed by atoms with E-state index >= 15 is 0 Å². The molecule has 0 spiro atoms. The van der Waals surface area contributed by atoms with Crippen LogP contribution in [0.15, 0.2) is 23.3 Å². The van der Waals surface area contributed by atoms with Crippen molar-refractivity contribution in [3.8, 4) is 11.8 Å². The molecule has 10 atom stereocenters. The number of carboxylic acids is 1.